The van der Waals surface area contributed by atoms with Crippen LogP contribution in [0.4, 0.5) is 0 Å². The Balaban J connectivity index is 1.13. The number of fused-ring (bicyclic) bond motifs is 1. The van der Waals surface area contributed by atoms with Crippen LogP contribution < -0.4 is 4.74 Å². The summed E-state index contributed by atoms with van der Waals surface area (Å²) in [7, 11) is 0. The van der Waals surface area contributed by atoms with Gasteiger partial charge in [-0.3, -0.25) is 9.69 Å². The van der Waals surface area contributed by atoms with Crippen molar-refractivity contribution in [2.45, 2.75) is 37.8 Å². The second-order valence-electron chi connectivity index (χ2n) is 7.92. The Labute approximate surface area is 174 Å². The number of aromatic amines is 1. The third-order valence-corrected chi connectivity index (χ3v) is 6.90. The van der Waals surface area contributed by atoms with E-state index in [-0.39, 0.29) is 12.0 Å². The molecule has 0 bridgehead atoms. The Bertz CT molecular complexity index is 954. The van der Waals surface area contributed by atoms with E-state index in [9.17, 15) is 4.79 Å². The van der Waals surface area contributed by atoms with Crippen molar-refractivity contribution in [1.29, 1.82) is 0 Å². The molecule has 0 radical (unpaired) electrons. The van der Waals surface area contributed by atoms with Crippen molar-refractivity contribution in [3.63, 3.8) is 0 Å². The Hall–Kier alpha value is -2.38. The number of rotatable bonds is 4. The minimum Gasteiger partial charge on any atom is -0.467 e. The minimum atomic E-state index is 0.149. The number of nitrogens with one attached hydrogen (secondary N) is 1. The maximum atomic E-state index is 13.0. The number of carbonyl (C=O) groups is 1. The molecular formula is C22H26N4O2S. The molecule has 7 heteroatoms. The molecule has 29 heavy (non-hydrogen) atoms. The Morgan fingerprint density at radius 2 is 1.90 bits per heavy atom. The number of benzene rings is 1. The molecule has 6 nitrogen and oxygen atoms in total. The molecule has 1 amide bonds. The summed E-state index contributed by atoms with van der Waals surface area (Å²) in [6.45, 7) is 3.80. The Kier molecular flexibility index (Phi) is 5.24. The number of para-hydroxylation sites is 1. The second kappa shape index (κ2) is 8.16. The molecule has 2 saturated heterocycles. The fourth-order valence-corrected chi connectivity index (χ4v) is 5.17. The topological polar surface area (TPSA) is 61.5 Å². The van der Waals surface area contributed by atoms with Gasteiger partial charge in [0, 0.05) is 60.9 Å². The number of hydrogen-bond donors (Lipinski definition) is 1. The summed E-state index contributed by atoms with van der Waals surface area (Å²) in [5.74, 6) is 0.149. The van der Waals surface area contributed by atoms with Gasteiger partial charge in [-0.25, -0.2) is 4.98 Å². The van der Waals surface area contributed by atoms with E-state index in [2.05, 4.69) is 14.9 Å². The number of nitrogens with zero attached hydrogens (tertiary/aromatic N) is 3. The van der Waals surface area contributed by atoms with Gasteiger partial charge < -0.3 is 14.6 Å². The first kappa shape index (κ1) is 18.6. The maximum Gasteiger partial charge on any atom is 0.273 e. The quantitative estimate of drug-likeness (QED) is 0.711. The van der Waals surface area contributed by atoms with Crippen LogP contribution in [0.3, 0.4) is 0 Å². The van der Waals surface area contributed by atoms with Crippen LogP contribution in [0.1, 0.15) is 36.0 Å². The molecule has 152 valence electrons. The van der Waals surface area contributed by atoms with E-state index in [0.29, 0.717) is 6.04 Å². The van der Waals surface area contributed by atoms with E-state index in [0.717, 1.165) is 73.5 Å². The molecule has 1 N–H and O–H groups in total. The molecule has 5 rings (SSSR count). The fourth-order valence-electron chi connectivity index (χ4n) is 4.62. The van der Waals surface area contributed by atoms with E-state index in [1.165, 1.54) is 0 Å². The summed E-state index contributed by atoms with van der Waals surface area (Å²) in [4.78, 5) is 25.1. The molecule has 2 aliphatic heterocycles. The van der Waals surface area contributed by atoms with Crippen molar-refractivity contribution in [2.24, 2.45) is 0 Å². The highest BCUT2D eigenvalue weighted by Crippen LogP contribution is 2.26. The zero-order chi connectivity index (χ0) is 19.6. The lowest BCUT2D eigenvalue weighted by Crippen LogP contribution is -2.50. The molecule has 1 aromatic carbocycles. The third-order valence-electron chi connectivity index (χ3n) is 6.24. The molecule has 4 heterocycles. The molecule has 0 spiro atoms. The van der Waals surface area contributed by atoms with Gasteiger partial charge >= 0.3 is 0 Å². The smallest absolute Gasteiger partial charge is 0.273 e. The van der Waals surface area contributed by atoms with Crippen LogP contribution in [-0.2, 0) is 0 Å². The number of ether oxygens (including phenoxy) is 1. The third kappa shape index (κ3) is 3.89. The zero-order valence-corrected chi connectivity index (χ0v) is 17.2. The first-order chi connectivity index (χ1) is 14.3. The number of thiazole rings is 1. The van der Waals surface area contributed by atoms with Gasteiger partial charge in [-0.2, -0.15) is 0 Å². The summed E-state index contributed by atoms with van der Waals surface area (Å²) in [6.07, 6.45) is 8.12. The van der Waals surface area contributed by atoms with Crippen molar-refractivity contribution >= 4 is 28.1 Å². The molecule has 2 aromatic heterocycles. The van der Waals surface area contributed by atoms with Crippen molar-refractivity contribution in [2.75, 3.05) is 26.2 Å². The van der Waals surface area contributed by atoms with Gasteiger partial charge in [0.05, 0.1) is 5.56 Å². The van der Waals surface area contributed by atoms with Gasteiger partial charge in [0.2, 0.25) is 0 Å². The summed E-state index contributed by atoms with van der Waals surface area (Å²) < 4.78 is 5.98. The van der Waals surface area contributed by atoms with Crippen molar-refractivity contribution in [1.82, 2.24) is 19.8 Å². The molecule has 0 unspecified atom stereocenters. The van der Waals surface area contributed by atoms with Gasteiger partial charge in [0.15, 0.2) is 0 Å². The predicted octanol–water partition coefficient (Wildman–Crippen LogP) is 3.77. The molecule has 0 atom stereocenters. The van der Waals surface area contributed by atoms with Gasteiger partial charge in [-0.1, -0.05) is 29.5 Å². The van der Waals surface area contributed by atoms with Gasteiger partial charge in [-0.15, -0.1) is 0 Å². The highest BCUT2D eigenvalue weighted by Gasteiger charge is 2.31. The normalized spacial score (nSPS) is 19.7. The first-order valence-electron chi connectivity index (χ1n) is 10.4. The van der Waals surface area contributed by atoms with Gasteiger partial charge in [0.25, 0.3) is 11.1 Å². The number of amides is 1. The Morgan fingerprint density at radius 1 is 1.10 bits per heavy atom. The van der Waals surface area contributed by atoms with Gasteiger partial charge in [-0.05, 0) is 31.7 Å². The van der Waals surface area contributed by atoms with E-state index in [1.807, 2.05) is 40.7 Å². The van der Waals surface area contributed by atoms with Crippen molar-refractivity contribution in [3.05, 3.63) is 47.6 Å². The summed E-state index contributed by atoms with van der Waals surface area (Å²) in [6, 6.07) is 8.58. The number of piperidine rings is 2. The molecule has 0 aliphatic carbocycles. The van der Waals surface area contributed by atoms with Crippen LogP contribution in [-0.4, -0.2) is 64.0 Å². The van der Waals surface area contributed by atoms with Crippen LogP contribution >= 0.6 is 11.3 Å². The monoisotopic (exact) mass is 410 g/mol. The fraction of sp³-hybridized carbons (Fsp3) is 0.455. The highest BCUT2D eigenvalue weighted by molar-refractivity contribution is 7.11. The van der Waals surface area contributed by atoms with E-state index in [4.69, 9.17) is 4.74 Å². The first-order valence-corrected chi connectivity index (χ1v) is 11.3. The summed E-state index contributed by atoms with van der Waals surface area (Å²) >= 11 is 1.56. The van der Waals surface area contributed by atoms with Crippen LogP contribution in [0.25, 0.3) is 10.9 Å². The Morgan fingerprint density at radius 3 is 2.66 bits per heavy atom. The lowest BCUT2D eigenvalue weighted by molar-refractivity contribution is 0.0426. The highest BCUT2D eigenvalue weighted by atomic mass is 32.1. The van der Waals surface area contributed by atoms with E-state index in [1.54, 1.807) is 17.5 Å². The van der Waals surface area contributed by atoms with Crippen molar-refractivity contribution in [3.8, 4) is 5.19 Å². The number of aromatic nitrogens is 2. The van der Waals surface area contributed by atoms with Gasteiger partial charge in [0.1, 0.15) is 6.10 Å². The minimum absolute atomic E-state index is 0.149. The van der Waals surface area contributed by atoms with E-state index >= 15 is 0 Å². The molecule has 0 saturated carbocycles. The largest absolute Gasteiger partial charge is 0.467 e. The van der Waals surface area contributed by atoms with Crippen LogP contribution in [0, 0.1) is 0 Å². The number of carbonyl (C=O) groups excluding carboxylic acids is 1. The number of hydrogen-bond acceptors (Lipinski definition) is 5. The SMILES string of the molecule is O=C(c1c[nH]c2ccccc12)N1CCC(N2CCC(Oc3nccs3)CC2)CC1. The summed E-state index contributed by atoms with van der Waals surface area (Å²) in [5.41, 5.74) is 1.81. The zero-order valence-electron chi connectivity index (χ0n) is 16.4. The maximum absolute atomic E-state index is 13.0. The average molecular weight is 411 g/mol. The summed E-state index contributed by atoms with van der Waals surface area (Å²) in [5, 5.41) is 3.75. The molecule has 3 aromatic rings. The molecule has 2 fully saturated rings. The standard InChI is InChI=1S/C22H26N4O2S/c27-21(19-15-24-20-4-2-1-3-18(19)20)26-10-5-16(6-11-26)25-12-7-17(8-13-25)28-22-23-9-14-29-22/h1-4,9,14-17,24H,5-8,10-13H2. The second-order valence-corrected chi connectivity index (χ2v) is 8.78. The molecular weight excluding hydrogens is 384 g/mol. The molecule has 2 aliphatic rings. The van der Waals surface area contributed by atoms with Crippen LogP contribution in [0.15, 0.2) is 42.0 Å². The van der Waals surface area contributed by atoms with E-state index < -0.39 is 0 Å². The van der Waals surface area contributed by atoms with Crippen molar-refractivity contribution < 1.29 is 9.53 Å². The number of H-pyrrole nitrogens is 1. The lowest BCUT2D eigenvalue weighted by Gasteiger charge is -2.41. The number of likely N-dealkylation sites (tertiary alicyclic amines) is 2. The lowest BCUT2D eigenvalue weighted by atomic mass is 9.98. The van der Waals surface area contributed by atoms with Crippen LogP contribution in [0.5, 0.6) is 5.19 Å². The average Bonchev–Trinajstić information content (AvgIpc) is 3.44. The predicted molar refractivity (Wildman–Crippen MR) is 115 cm³/mol. The van der Waals surface area contributed by atoms with Crippen LogP contribution in [0.2, 0.25) is 0 Å².